The summed E-state index contributed by atoms with van der Waals surface area (Å²) in [7, 11) is 1.01. The lowest BCUT2D eigenvalue weighted by Crippen LogP contribution is -2.19. The molecule has 2 rings (SSSR count). The van der Waals surface area contributed by atoms with Crippen LogP contribution in [0.15, 0.2) is 54.6 Å². The van der Waals surface area contributed by atoms with Crippen LogP contribution in [0.1, 0.15) is 24.0 Å². The maximum Gasteiger partial charge on any atom is 0.416 e. The average Bonchev–Trinajstić information content (AvgIpc) is 2.48. The number of rotatable bonds is 6. The largest absolute Gasteiger partial charge is 0.416 e. The lowest BCUT2D eigenvalue weighted by atomic mass is 10.1. The summed E-state index contributed by atoms with van der Waals surface area (Å²) in [5.74, 6) is 0. The van der Waals surface area contributed by atoms with Crippen LogP contribution >= 0.6 is 0 Å². The molecule has 118 valence electrons. The van der Waals surface area contributed by atoms with Crippen LogP contribution in [0.5, 0.6) is 0 Å². The third-order valence-electron chi connectivity index (χ3n) is 3.87. The van der Waals surface area contributed by atoms with Gasteiger partial charge >= 0.3 is 6.18 Å². The van der Waals surface area contributed by atoms with E-state index >= 15 is 0 Å². The first-order valence-corrected chi connectivity index (χ1v) is 10.3. The van der Waals surface area contributed by atoms with E-state index in [2.05, 4.69) is 24.3 Å². The van der Waals surface area contributed by atoms with Gasteiger partial charge < -0.3 is 0 Å². The topological polar surface area (TPSA) is 0 Å². The molecule has 0 aromatic heterocycles. The molecule has 0 radical (unpaired) electrons. The average molecular weight is 339 g/mol. The van der Waals surface area contributed by atoms with E-state index in [1.165, 1.54) is 34.0 Å². The Morgan fingerprint density at radius 1 is 0.955 bits per heavy atom. The van der Waals surface area contributed by atoms with Gasteiger partial charge in [0.1, 0.15) is 0 Å². The molecule has 0 bridgehead atoms. The molecule has 1 atom stereocenters. The fourth-order valence-corrected chi connectivity index (χ4v) is 6.30. The number of alkyl halides is 3. The van der Waals surface area contributed by atoms with Crippen LogP contribution in [-0.4, -0.2) is 19.8 Å². The Morgan fingerprint density at radius 2 is 1.59 bits per heavy atom. The number of hydrogen-bond acceptors (Lipinski definition) is 0. The summed E-state index contributed by atoms with van der Waals surface area (Å²) in [6.07, 6.45) is -1.09. The minimum absolute atomic E-state index is 0.199. The fraction of sp³-hybridized carbons (Fsp3) is 0.294. The second-order valence-electron chi connectivity index (χ2n) is 5.88. The van der Waals surface area contributed by atoms with E-state index in [1.54, 1.807) is 12.1 Å². The maximum absolute atomic E-state index is 12.5. The Morgan fingerprint density at radius 3 is 2.18 bits per heavy atom. The van der Waals surface area contributed by atoms with Crippen LogP contribution in [0.25, 0.3) is 0 Å². The molecule has 0 fully saturated rings. The fourth-order valence-electron chi connectivity index (χ4n) is 2.63. The van der Waals surface area contributed by atoms with Crippen LogP contribution in [0, 0.1) is 0 Å². The molecular formula is C17H21F3Si2. The molecule has 0 aliphatic carbocycles. The van der Waals surface area contributed by atoms with Crippen molar-refractivity contribution in [2.45, 2.75) is 30.6 Å². The Labute approximate surface area is 135 Å². The summed E-state index contributed by atoms with van der Waals surface area (Å²) in [6, 6.07) is 16.3. The van der Waals surface area contributed by atoms with Gasteiger partial charge in [-0.1, -0.05) is 59.2 Å². The lowest BCUT2D eigenvalue weighted by molar-refractivity contribution is -0.137. The normalized spacial score (nSPS) is 13.8. The van der Waals surface area contributed by atoms with Crippen molar-refractivity contribution in [2.75, 3.05) is 0 Å². The van der Waals surface area contributed by atoms with E-state index in [-0.39, 0.29) is 9.52 Å². The molecule has 2 aromatic carbocycles. The highest BCUT2D eigenvalue weighted by Crippen LogP contribution is 2.29. The van der Waals surface area contributed by atoms with Gasteiger partial charge in [0, 0.05) is 10.2 Å². The molecule has 0 nitrogen and oxygen atoms in total. The summed E-state index contributed by atoms with van der Waals surface area (Å²) >= 11 is 0. The van der Waals surface area contributed by atoms with Gasteiger partial charge in [-0.2, -0.15) is 13.2 Å². The molecule has 0 aliphatic rings. The molecule has 0 spiro atoms. The van der Waals surface area contributed by atoms with Gasteiger partial charge in [-0.15, -0.1) is 0 Å². The van der Waals surface area contributed by atoms with Crippen LogP contribution in [-0.2, 0) is 12.6 Å². The van der Waals surface area contributed by atoms with Crippen molar-refractivity contribution in [3.63, 3.8) is 0 Å². The molecule has 0 heterocycles. The number of benzene rings is 2. The summed E-state index contributed by atoms with van der Waals surface area (Å²) in [5.41, 5.74) is 0.441. The van der Waals surface area contributed by atoms with Gasteiger partial charge in [0.2, 0.25) is 0 Å². The van der Waals surface area contributed by atoms with E-state index in [9.17, 15) is 13.2 Å². The zero-order valence-electron chi connectivity index (χ0n) is 12.7. The number of halogens is 3. The molecule has 0 amide bonds. The van der Waals surface area contributed by atoms with Gasteiger partial charge in [-0.25, -0.2) is 0 Å². The highest BCUT2D eigenvalue weighted by atomic mass is 28.2. The van der Waals surface area contributed by atoms with Crippen molar-refractivity contribution < 1.29 is 13.2 Å². The van der Waals surface area contributed by atoms with Crippen LogP contribution in [0.4, 0.5) is 13.2 Å². The third-order valence-corrected chi connectivity index (χ3v) is 7.72. The van der Waals surface area contributed by atoms with Crippen molar-refractivity contribution in [2.24, 2.45) is 0 Å². The predicted octanol–water partition coefficient (Wildman–Crippen LogP) is 2.63. The highest BCUT2D eigenvalue weighted by Gasteiger charge is 2.29. The van der Waals surface area contributed by atoms with Crippen LogP contribution < -0.4 is 5.19 Å². The van der Waals surface area contributed by atoms with E-state index in [4.69, 9.17) is 0 Å². The second-order valence-corrected chi connectivity index (χ2v) is 11.8. The van der Waals surface area contributed by atoms with Gasteiger partial charge in [0.15, 0.2) is 0 Å². The minimum atomic E-state index is -4.24. The third kappa shape index (κ3) is 5.46. The highest BCUT2D eigenvalue weighted by molar-refractivity contribution is 6.62. The van der Waals surface area contributed by atoms with E-state index in [0.717, 1.165) is 23.6 Å². The molecule has 0 aliphatic heterocycles. The van der Waals surface area contributed by atoms with Crippen molar-refractivity contribution in [1.29, 1.82) is 0 Å². The van der Waals surface area contributed by atoms with Gasteiger partial charge in [-0.3, -0.25) is 0 Å². The van der Waals surface area contributed by atoms with Crippen molar-refractivity contribution in [1.82, 2.24) is 0 Å². The molecule has 0 N–H and O–H groups in total. The first-order valence-electron chi connectivity index (χ1n) is 7.65. The molecular weight excluding hydrogens is 317 g/mol. The zero-order valence-corrected chi connectivity index (χ0v) is 16.2. The Hall–Kier alpha value is -1.34. The van der Waals surface area contributed by atoms with E-state index in [1.807, 2.05) is 6.07 Å². The van der Waals surface area contributed by atoms with Crippen LogP contribution in [0.3, 0.4) is 0 Å². The number of aryl methyl sites for hydroxylation is 1. The van der Waals surface area contributed by atoms with Gasteiger partial charge in [0.25, 0.3) is 0 Å². The SMILES string of the molecule is FC(F)(F)c1ccc(CCCC([SiH3])[SiH2]c2ccccc2)cc1. The predicted molar refractivity (Wildman–Crippen MR) is 92.7 cm³/mol. The summed E-state index contributed by atoms with van der Waals surface area (Å²) in [4.78, 5) is 0. The van der Waals surface area contributed by atoms with Gasteiger partial charge in [-0.05, 0) is 30.5 Å². The Bertz CT molecular complexity index is 565. The summed E-state index contributed by atoms with van der Waals surface area (Å²) in [5, 5.41) is 2.37. The standard InChI is InChI=1S/C17H21F3Si2/c18-17(19,20)14-11-9-13(10-12-14)5-4-8-16(21)22-15-6-2-1-3-7-15/h1-3,6-7,9-12,16H,4-5,8,22H2,21H3. The lowest BCUT2D eigenvalue weighted by Gasteiger charge is -2.11. The first kappa shape index (κ1) is 17.0. The van der Waals surface area contributed by atoms with Crippen LogP contribution in [0.2, 0.25) is 5.16 Å². The van der Waals surface area contributed by atoms with Crippen molar-refractivity contribution in [3.05, 3.63) is 65.7 Å². The molecule has 2 aromatic rings. The van der Waals surface area contributed by atoms with Gasteiger partial charge in [0.05, 0.1) is 15.1 Å². The zero-order chi connectivity index (χ0) is 16.0. The quantitative estimate of drug-likeness (QED) is 0.711. The van der Waals surface area contributed by atoms with E-state index < -0.39 is 11.7 Å². The maximum atomic E-state index is 12.5. The molecule has 22 heavy (non-hydrogen) atoms. The Balaban J connectivity index is 1.76. The van der Waals surface area contributed by atoms with E-state index in [0.29, 0.717) is 0 Å². The monoisotopic (exact) mass is 338 g/mol. The molecule has 5 heteroatoms. The molecule has 0 saturated carbocycles. The minimum Gasteiger partial charge on any atom is -0.166 e. The first-order chi connectivity index (χ1) is 10.4. The second kappa shape index (κ2) is 7.78. The van der Waals surface area contributed by atoms with Crippen molar-refractivity contribution >= 4 is 24.9 Å². The summed E-state index contributed by atoms with van der Waals surface area (Å²) in [6.45, 7) is 0. The summed E-state index contributed by atoms with van der Waals surface area (Å²) < 4.78 is 37.5. The Kier molecular flexibility index (Phi) is 6.02. The van der Waals surface area contributed by atoms with Crippen molar-refractivity contribution in [3.8, 4) is 0 Å². The molecule has 0 saturated heterocycles. The number of hydrogen-bond donors (Lipinski definition) is 0. The smallest absolute Gasteiger partial charge is 0.166 e. The molecule has 1 unspecified atom stereocenters.